The number of thioether (sulfide) groups is 1. The van der Waals surface area contributed by atoms with Gasteiger partial charge in [0.1, 0.15) is 10.7 Å². The smallest absolute Gasteiger partial charge is 0.268 e. The van der Waals surface area contributed by atoms with Gasteiger partial charge in [-0.25, -0.2) is 22.8 Å². The molecule has 0 unspecified atom stereocenters. The SMILES string of the molecule is Cc1ccc(CNC(=O)CSc2ncc3c(n2)-c2ccccc2N(Cc2cccc(F)c2)S3(=O)=O)cc1. The van der Waals surface area contributed by atoms with Crippen LogP contribution in [0.4, 0.5) is 10.1 Å². The lowest BCUT2D eigenvalue weighted by Gasteiger charge is -2.31. The van der Waals surface area contributed by atoms with E-state index in [2.05, 4.69) is 15.3 Å². The Balaban J connectivity index is 1.36. The summed E-state index contributed by atoms with van der Waals surface area (Å²) in [4.78, 5) is 21.1. The van der Waals surface area contributed by atoms with Crippen molar-refractivity contribution < 1.29 is 17.6 Å². The fourth-order valence-electron chi connectivity index (χ4n) is 4.00. The van der Waals surface area contributed by atoms with Crippen LogP contribution in [0.15, 0.2) is 89.0 Å². The van der Waals surface area contributed by atoms with Gasteiger partial charge in [0.05, 0.1) is 29.9 Å². The number of aryl methyl sites for hydroxylation is 1. The minimum atomic E-state index is -4.00. The summed E-state index contributed by atoms with van der Waals surface area (Å²) in [5.41, 5.74) is 4.02. The average molecular weight is 535 g/mol. The number of anilines is 1. The minimum Gasteiger partial charge on any atom is -0.351 e. The van der Waals surface area contributed by atoms with Crippen LogP contribution in [0.25, 0.3) is 11.3 Å². The van der Waals surface area contributed by atoms with Crippen molar-refractivity contribution in [1.29, 1.82) is 0 Å². The first-order valence-corrected chi connectivity index (χ1v) is 13.9. The number of benzene rings is 3. The lowest BCUT2D eigenvalue weighted by Crippen LogP contribution is -2.34. The molecule has 2 heterocycles. The van der Waals surface area contributed by atoms with E-state index < -0.39 is 15.8 Å². The molecular weight excluding hydrogens is 511 g/mol. The number of hydrogen-bond donors (Lipinski definition) is 1. The highest BCUT2D eigenvalue weighted by Crippen LogP contribution is 2.42. The summed E-state index contributed by atoms with van der Waals surface area (Å²) in [5.74, 6) is -0.528. The highest BCUT2D eigenvalue weighted by atomic mass is 32.2. The molecular formula is C27H23FN4O3S2. The summed E-state index contributed by atoms with van der Waals surface area (Å²) in [6, 6.07) is 20.8. The van der Waals surface area contributed by atoms with Gasteiger partial charge >= 0.3 is 0 Å². The third kappa shape index (κ3) is 5.35. The Hall–Kier alpha value is -3.76. The molecule has 0 atom stereocenters. The first-order chi connectivity index (χ1) is 17.8. The van der Waals surface area contributed by atoms with Gasteiger partial charge in [-0.1, -0.05) is 71.9 Å². The van der Waals surface area contributed by atoms with Crippen LogP contribution >= 0.6 is 11.8 Å². The monoisotopic (exact) mass is 534 g/mol. The molecule has 1 N–H and O–H groups in total. The standard InChI is InChI=1S/C27H23FN4O3S2/c1-18-9-11-19(12-10-18)14-29-25(33)17-36-27-30-15-24-26(31-27)22-7-2-3-8-23(22)32(37(24,34)35)16-20-5-4-6-21(28)13-20/h2-13,15H,14,16-17H2,1H3,(H,29,33). The van der Waals surface area contributed by atoms with Crippen LogP contribution in [0.2, 0.25) is 0 Å². The Labute approximate surface area is 218 Å². The number of para-hydroxylation sites is 1. The zero-order chi connectivity index (χ0) is 26.0. The third-order valence-electron chi connectivity index (χ3n) is 5.89. The van der Waals surface area contributed by atoms with Crippen LogP contribution in [0.3, 0.4) is 0 Å². The highest BCUT2D eigenvalue weighted by molar-refractivity contribution is 7.99. The van der Waals surface area contributed by atoms with Crippen molar-refractivity contribution in [3.63, 3.8) is 0 Å². The van der Waals surface area contributed by atoms with Crippen molar-refractivity contribution in [2.45, 2.75) is 30.1 Å². The third-order valence-corrected chi connectivity index (χ3v) is 8.51. The van der Waals surface area contributed by atoms with Crippen LogP contribution in [-0.2, 0) is 27.9 Å². The number of sulfonamides is 1. The van der Waals surface area contributed by atoms with E-state index in [-0.39, 0.29) is 28.8 Å². The number of fused-ring (bicyclic) bond motifs is 3. The number of hydrogen-bond acceptors (Lipinski definition) is 6. The van der Waals surface area contributed by atoms with Crippen LogP contribution in [0.5, 0.6) is 0 Å². The first-order valence-electron chi connectivity index (χ1n) is 11.5. The number of amides is 1. The number of rotatable bonds is 7. The molecule has 0 aliphatic carbocycles. The number of aromatic nitrogens is 2. The van der Waals surface area contributed by atoms with E-state index in [1.54, 1.807) is 36.4 Å². The molecule has 0 fully saturated rings. The first kappa shape index (κ1) is 24.9. The number of nitrogens with zero attached hydrogens (tertiary/aromatic N) is 3. The largest absolute Gasteiger partial charge is 0.351 e. The Morgan fingerprint density at radius 3 is 2.59 bits per heavy atom. The van der Waals surface area contributed by atoms with Gasteiger partial charge in [-0.3, -0.25) is 9.10 Å². The van der Waals surface area contributed by atoms with Crippen molar-refractivity contribution in [3.8, 4) is 11.3 Å². The molecule has 10 heteroatoms. The van der Waals surface area contributed by atoms with Crippen LogP contribution in [0.1, 0.15) is 16.7 Å². The number of carbonyl (C=O) groups is 1. The van der Waals surface area contributed by atoms with Crippen molar-refractivity contribution in [1.82, 2.24) is 15.3 Å². The Bertz CT molecular complexity index is 1580. The van der Waals surface area contributed by atoms with Crippen LogP contribution in [0, 0.1) is 12.7 Å². The molecule has 1 aliphatic rings. The van der Waals surface area contributed by atoms with Gasteiger partial charge in [-0.2, -0.15) is 0 Å². The minimum absolute atomic E-state index is 0.0317. The van der Waals surface area contributed by atoms with Crippen molar-refractivity contribution in [3.05, 3.63) is 102 Å². The molecule has 0 radical (unpaired) electrons. The quantitative estimate of drug-likeness (QED) is 0.273. The zero-order valence-electron chi connectivity index (χ0n) is 19.9. The normalized spacial score (nSPS) is 13.5. The van der Waals surface area contributed by atoms with Crippen molar-refractivity contribution in [2.75, 3.05) is 10.1 Å². The fraction of sp³-hybridized carbons (Fsp3) is 0.148. The van der Waals surface area contributed by atoms with E-state index in [4.69, 9.17) is 0 Å². The predicted molar refractivity (Wildman–Crippen MR) is 141 cm³/mol. The van der Waals surface area contributed by atoms with Gasteiger partial charge in [0.25, 0.3) is 10.0 Å². The lowest BCUT2D eigenvalue weighted by molar-refractivity contribution is -0.118. The summed E-state index contributed by atoms with van der Waals surface area (Å²) >= 11 is 1.13. The Morgan fingerprint density at radius 2 is 1.81 bits per heavy atom. The lowest BCUT2D eigenvalue weighted by atomic mass is 10.1. The molecule has 37 heavy (non-hydrogen) atoms. The number of nitrogens with one attached hydrogen (secondary N) is 1. The molecule has 188 valence electrons. The molecule has 4 aromatic rings. The molecule has 1 amide bonds. The molecule has 0 saturated heterocycles. The maximum absolute atomic E-state index is 13.8. The fourth-order valence-corrected chi connectivity index (χ4v) is 6.21. The summed E-state index contributed by atoms with van der Waals surface area (Å²) in [6.07, 6.45) is 1.28. The molecule has 0 bridgehead atoms. The zero-order valence-corrected chi connectivity index (χ0v) is 21.5. The van der Waals surface area contributed by atoms with E-state index in [0.717, 1.165) is 22.9 Å². The molecule has 1 aliphatic heterocycles. The second-order valence-corrected chi connectivity index (χ2v) is 11.3. The Morgan fingerprint density at radius 1 is 1.03 bits per heavy atom. The van der Waals surface area contributed by atoms with Gasteiger partial charge in [0, 0.05) is 12.1 Å². The summed E-state index contributed by atoms with van der Waals surface area (Å²) in [7, 11) is -4.00. The molecule has 1 aromatic heterocycles. The molecule has 5 rings (SSSR count). The molecule has 3 aromatic carbocycles. The van der Waals surface area contributed by atoms with Crippen molar-refractivity contribution >= 4 is 33.4 Å². The van der Waals surface area contributed by atoms with Crippen LogP contribution < -0.4 is 9.62 Å². The Kier molecular flexibility index (Phi) is 6.94. The molecule has 0 saturated carbocycles. The number of halogens is 1. The van der Waals surface area contributed by atoms with E-state index in [9.17, 15) is 17.6 Å². The van der Waals surface area contributed by atoms with Gasteiger partial charge in [-0.15, -0.1) is 0 Å². The number of carbonyl (C=O) groups excluding carboxylic acids is 1. The van der Waals surface area contributed by atoms with Gasteiger partial charge in [0.2, 0.25) is 5.91 Å². The van der Waals surface area contributed by atoms with E-state index in [1.165, 1.54) is 22.6 Å². The van der Waals surface area contributed by atoms with E-state index in [1.807, 2.05) is 31.2 Å². The summed E-state index contributed by atoms with van der Waals surface area (Å²) in [5, 5.41) is 3.17. The topological polar surface area (TPSA) is 92.3 Å². The van der Waals surface area contributed by atoms with Crippen molar-refractivity contribution in [2.24, 2.45) is 0 Å². The predicted octanol–water partition coefficient (Wildman–Crippen LogP) is 4.71. The van der Waals surface area contributed by atoms with E-state index in [0.29, 0.717) is 28.5 Å². The maximum atomic E-state index is 13.8. The summed E-state index contributed by atoms with van der Waals surface area (Å²) < 4.78 is 42.1. The molecule has 0 spiro atoms. The maximum Gasteiger partial charge on any atom is 0.268 e. The summed E-state index contributed by atoms with van der Waals surface area (Å²) in [6.45, 7) is 2.38. The van der Waals surface area contributed by atoms with E-state index >= 15 is 0 Å². The van der Waals surface area contributed by atoms with Gasteiger partial charge < -0.3 is 5.32 Å². The second-order valence-electron chi connectivity index (χ2n) is 8.58. The second kappa shape index (κ2) is 10.3. The van der Waals surface area contributed by atoms with Gasteiger partial charge in [-0.05, 0) is 36.2 Å². The van der Waals surface area contributed by atoms with Crippen LogP contribution in [-0.4, -0.2) is 30.0 Å². The van der Waals surface area contributed by atoms with Gasteiger partial charge in [0.15, 0.2) is 5.16 Å². The average Bonchev–Trinajstić information content (AvgIpc) is 2.89. The molecule has 7 nitrogen and oxygen atoms in total. The highest BCUT2D eigenvalue weighted by Gasteiger charge is 2.36.